The highest BCUT2D eigenvalue weighted by Crippen LogP contribution is 2.28. The van der Waals surface area contributed by atoms with Crippen LogP contribution in [0.2, 0.25) is 0 Å². The van der Waals surface area contributed by atoms with Gasteiger partial charge in [0.15, 0.2) is 0 Å². The molecule has 0 spiro atoms. The van der Waals surface area contributed by atoms with Crippen LogP contribution in [-0.2, 0) is 19.7 Å². The molecule has 9 heteroatoms. The summed E-state index contributed by atoms with van der Waals surface area (Å²) in [6.07, 6.45) is -0.866. The number of benzene rings is 4. The highest BCUT2D eigenvalue weighted by molar-refractivity contribution is 7.89. The monoisotopic (exact) mass is 543 g/mol. The molecule has 1 aliphatic rings. The van der Waals surface area contributed by atoms with Crippen molar-refractivity contribution >= 4 is 32.4 Å². The average Bonchev–Trinajstić information content (AvgIpc) is 3.41. The molecule has 2 unspecified atom stereocenters. The lowest BCUT2D eigenvalue weighted by molar-refractivity contribution is -0.124. The Kier molecular flexibility index (Phi) is 7.74. The molecule has 2 atom stereocenters. The van der Waals surface area contributed by atoms with Crippen molar-refractivity contribution in [3.05, 3.63) is 103 Å². The fraction of sp³-hybridized carbons (Fsp3) is 0.200. The van der Waals surface area contributed by atoms with E-state index in [0.29, 0.717) is 11.3 Å². The Morgan fingerprint density at radius 3 is 2.36 bits per heavy atom. The zero-order valence-electron chi connectivity index (χ0n) is 21.4. The van der Waals surface area contributed by atoms with E-state index in [1.807, 2.05) is 72.8 Å². The van der Waals surface area contributed by atoms with Gasteiger partial charge in [-0.15, -0.1) is 0 Å². The van der Waals surface area contributed by atoms with Crippen molar-refractivity contribution in [1.82, 2.24) is 9.62 Å². The molecule has 4 aromatic carbocycles. The molecule has 1 fully saturated rings. The molecule has 1 heterocycles. The smallest absolute Gasteiger partial charge is 0.244 e. The minimum Gasteiger partial charge on any atom is -0.399 e. The maximum Gasteiger partial charge on any atom is 0.244 e. The second kappa shape index (κ2) is 11.4. The predicted molar refractivity (Wildman–Crippen MR) is 151 cm³/mol. The van der Waals surface area contributed by atoms with Gasteiger partial charge >= 0.3 is 0 Å². The minimum atomic E-state index is -4.02. The maximum atomic E-state index is 13.6. The van der Waals surface area contributed by atoms with E-state index >= 15 is 0 Å². The number of amides is 1. The molecule has 39 heavy (non-hydrogen) atoms. The van der Waals surface area contributed by atoms with Crippen molar-refractivity contribution in [1.29, 1.82) is 0 Å². The third-order valence-electron chi connectivity index (χ3n) is 6.83. The van der Waals surface area contributed by atoms with Crippen molar-refractivity contribution < 1.29 is 23.2 Å². The zero-order valence-corrected chi connectivity index (χ0v) is 22.2. The molecule has 0 radical (unpaired) electrons. The number of aliphatic hydroxyl groups is 1. The van der Waals surface area contributed by atoms with Gasteiger partial charge in [-0.05, 0) is 45.7 Å². The first-order valence-electron chi connectivity index (χ1n) is 12.6. The largest absolute Gasteiger partial charge is 0.399 e. The number of nitrogens with zero attached hydrogens (tertiary/aromatic N) is 2. The van der Waals surface area contributed by atoms with Crippen LogP contribution in [0, 0.1) is 0 Å². The highest BCUT2D eigenvalue weighted by Gasteiger charge is 2.43. The van der Waals surface area contributed by atoms with E-state index in [1.165, 1.54) is 7.11 Å². The number of carbonyl (C=O) groups is 1. The molecule has 4 aromatic rings. The van der Waals surface area contributed by atoms with Gasteiger partial charge in [-0.25, -0.2) is 8.42 Å². The van der Waals surface area contributed by atoms with E-state index in [2.05, 4.69) is 10.5 Å². The Hall–Kier alpha value is -4.05. The van der Waals surface area contributed by atoms with Gasteiger partial charge in [0.25, 0.3) is 0 Å². The van der Waals surface area contributed by atoms with Crippen molar-refractivity contribution in [2.75, 3.05) is 20.2 Å². The van der Waals surface area contributed by atoms with Crippen LogP contribution in [0.25, 0.3) is 21.9 Å². The second-order valence-corrected chi connectivity index (χ2v) is 11.3. The molecule has 5 rings (SSSR count). The van der Waals surface area contributed by atoms with E-state index < -0.39 is 28.1 Å². The second-order valence-electron chi connectivity index (χ2n) is 9.37. The molecule has 0 aliphatic carbocycles. The number of oxime groups is 1. The van der Waals surface area contributed by atoms with Crippen molar-refractivity contribution in [2.24, 2.45) is 5.16 Å². The molecule has 1 amide bonds. The third kappa shape index (κ3) is 5.70. The number of fused-ring (bicyclic) bond motifs is 1. The van der Waals surface area contributed by atoms with E-state index in [4.69, 9.17) is 4.84 Å². The molecule has 2 N–H and O–H groups in total. The summed E-state index contributed by atoms with van der Waals surface area (Å²) in [7, 11) is -2.65. The molecule has 200 valence electrons. The third-order valence-corrected chi connectivity index (χ3v) is 8.70. The van der Waals surface area contributed by atoms with Crippen LogP contribution in [0.15, 0.2) is 107 Å². The van der Waals surface area contributed by atoms with Crippen LogP contribution in [0.4, 0.5) is 0 Å². The molecule has 0 bridgehead atoms. The van der Waals surface area contributed by atoms with Gasteiger partial charge in [0.2, 0.25) is 15.9 Å². The number of hydrogen-bond donors (Lipinski definition) is 2. The zero-order chi connectivity index (χ0) is 27.4. The summed E-state index contributed by atoms with van der Waals surface area (Å²) in [5.41, 5.74) is 2.95. The van der Waals surface area contributed by atoms with Gasteiger partial charge in [-0.1, -0.05) is 84.0 Å². The van der Waals surface area contributed by atoms with Gasteiger partial charge in [-0.3, -0.25) is 4.79 Å². The fourth-order valence-electron chi connectivity index (χ4n) is 4.78. The number of rotatable bonds is 8. The number of nitrogens with one attached hydrogen (secondary N) is 1. The van der Waals surface area contributed by atoms with Crippen LogP contribution in [0.5, 0.6) is 0 Å². The number of sulfonamides is 1. The van der Waals surface area contributed by atoms with Crippen LogP contribution >= 0.6 is 0 Å². The van der Waals surface area contributed by atoms with Gasteiger partial charge < -0.3 is 15.3 Å². The van der Waals surface area contributed by atoms with Crippen LogP contribution in [-0.4, -0.2) is 55.7 Å². The Morgan fingerprint density at radius 1 is 0.974 bits per heavy atom. The Bertz CT molecular complexity index is 1600. The molecule has 1 saturated heterocycles. The first kappa shape index (κ1) is 26.6. The van der Waals surface area contributed by atoms with E-state index in [1.54, 1.807) is 24.3 Å². The Labute approximate surface area is 227 Å². The fourth-order valence-corrected chi connectivity index (χ4v) is 6.36. The number of hydrogen-bond acceptors (Lipinski definition) is 6. The summed E-state index contributed by atoms with van der Waals surface area (Å²) < 4.78 is 28.4. The first-order chi connectivity index (χ1) is 18.9. The summed E-state index contributed by atoms with van der Waals surface area (Å²) in [4.78, 5) is 18.2. The lowest BCUT2D eigenvalue weighted by Gasteiger charge is -2.23. The standard InChI is InChI=1S/C30H29N3O5S/c1-38-32-26-18-28(30(35)31-19-29(34)25-12-11-22-9-5-6-10-24(22)17-25)33(20-26)39(36,37)27-15-13-23(14-16-27)21-7-3-2-4-8-21/h2-17,28-29,34H,18-20H2,1H3,(H,31,35)/b32-26+. The molecular formula is C30H29N3O5S. The predicted octanol–water partition coefficient (Wildman–Crippen LogP) is 4.12. The maximum absolute atomic E-state index is 13.6. The van der Waals surface area contributed by atoms with Crippen LogP contribution in [0.1, 0.15) is 18.1 Å². The minimum absolute atomic E-state index is 0.0654. The quantitative estimate of drug-likeness (QED) is 0.325. The lowest BCUT2D eigenvalue weighted by atomic mass is 10.0. The van der Waals surface area contributed by atoms with E-state index in [-0.39, 0.29) is 24.4 Å². The molecule has 1 aliphatic heterocycles. The molecule has 8 nitrogen and oxygen atoms in total. The number of carbonyl (C=O) groups excluding carboxylic acids is 1. The van der Waals surface area contributed by atoms with Crippen molar-refractivity contribution in [3.8, 4) is 11.1 Å². The number of aliphatic hydroxyl groups excluding tert-OH is 1. The van der Waals surface area contributed by atoms with Gasteiger partial charge in [-0.2, -0.15) is 4.31 Å². The van der Waals surface area contributed by atoms with Crippen molar-refractivity contribution in [2.45, 2.75) is 23.5 Å². The van der Waals surface area contributed by atoms with Crippen molar-refractivity contribution in [3.63, 3.8) is 0 Å². The molecular weight excluding hydrogens is 514 g/mol. The normalized spacial score (nSPS) is 17.8. The first-order valence-corrected chi connectivity index (χ1v) is 14.0. The molecule has 0 saturated carbocycles. The summed E-state index contributed by atoms with van der Waals surface area (Å²) in [6, 6.07) is 28.6. The van der Waals surface area contributed by atoms with E-state index in [0.717, 1.165) is 26.2 Å². The van der Waals surface area contributed by atoms with Gasteiger partial charge in [0.1, 0.15) is 13.2 Å². The van der Waals surface area contributed by atoms with Crippen LogP contribution < -0.4 is 5.32 Å². The van der Waals surface area contributed by atoms with Gasteiger partial charge in [0.05, 0.1) is 23.3 Å². The summed E-state index contributed by atoms with van der Waals surface area (Å²) in [6.45, 7) is -0.133. The average molecular weight is 544 g/mol. The lowest BCUT2D eigenvalue weighted by Crippen LogP contribution is -2.46. The summed E-state index contributed by atoms with van der Waals surface area (Å²) >= 11 is 0. The Balaban J connectivity index is 1.33. The molecule has 0 aromatic heterocycles. The topological polar surface area (TPSA) is 108 Å². The van der Waals surface area contributed by atoms with Crippen LogP contribution in [0.3, 0.4) is 0 Å². The Morgan fingerprint density at radius 2 is 1.64 bits per heavy atom. The SMILES string of the molecule is CO/N=C1\CC(C(=O)NCC(O)c2ccc3ccccc3c2)N(S(=O)(=O)c2ccc(-c3ccccc3)cc2)C1. The highest BCUT2D eigenvalue weighted by atomic mass is 32.2. The summed E-state index contributed by atoms with van der Waals surface area (Å²) in [5.74, 6) is -0.513. The van der Waals surface area contributed by atoms with Gasteiger partial charge in [0, 0.05) is 13.0 Å². The summed E-state index contributed by atoms with van der Waals surface area (Å²) in [5, 5.41) is 19.4. The van der Waals surface area contributed by atoms with E-state index in [9.17, 15) is 18.3 Å².